The van der Waals surface area contributed by atoms with Crippen molar-refractivity contribution in [3.63, 3.8) is 0 Å². The first-order chi connectivity index (χ1) is 16.1. The van der Waals surface area contributed by atoms with Gasteiger partial charge in [-0.3, -0.25) is 24.3 Å². The molecule has 2 aliphatic rings. The highest BCUT2D eigenvalue weighted by Crippen LogP contribution is 2.26. The predicted molar refractivity (Wildman–Crippen MR) is 122 cm³/mol. The number of nitrogens with zero attached hydrogens (tertiary/aromatic N) is 3. The van der Waals surface area contributed by atoms with E-state index >= 15 is 0 Å². The van der Waals surface area contributed by atoms with E-state index in [1.807, 2.05) is 24.3 Å². The molecular formula is C25H22N4O4. The number of amides is 3. The van der Waals surface area contributed by atoms with Crippen molar-refractivity contribution in [1.82, 2.24) is 9.88 Å². The Morgan fingerprint density at radius 2 is 1.61 bits per heavy atom. The summed E-state index contributed by atoms with van der Waals surface area (Å²) in [7, 11) is 0. The van der Waals surface area contributed by atoms with E-state index in [4.69, 9.17) is 4.74 Å². The molecule has 8 heteroatoms. The number of carbonyl (C=O) groups is 3. The monoisotopic (exact) mass is 442 g/mol. The van der Waals surface area contributed by atoms with Crippen LogP contribution in [0.1, 0.15) is 36.6 Å². The Kier molecular flexibility index (Phi) is 5.58. The smallest absolute Gasteiger partial charge is 0.261 e. The highest BCUT2D eigenvalue weighted by Gasteiger charge is 2.36. The van der Waals surface area contributed by atoms with Crippen molar-refractivity contribution in [2.24, 2.45) is 0 Å². The van der Waals surface area contributed by atoms with Crippen LogP contribution in [0, 0.1) is 0 Å². The minimum absolute atomic E-state index is 0.159. The van der Waals surface area contributed by atoms with E-state index in [9.17, 15) is 14.4 Å². The summed E-state index contributed by atoms with van der Waals surface area (Å²) in [6, 6.07) is 15.7. The third-order valence-corrected chi connectivity index (χ3v) is 5.82. The zero-order valence-electron chi connectivity index (χ0n) is 17.9. The third-order valence-electron chi connectivity index (χ3n) is 5.82. The van der Waals surface area contributed by atoms with Gasteiger partial charge in [-0.25, -0.2) is 0 Å². The molecular weight excluding hydrogens is 420 g/mol. The lowest BCUT2D eigenvalue weighted by Gasteiger charge is -2.28. The molecule has 33 heavy (non-hydrogen) atoms. The summed E-state index contributed by atoms with van der Waals surface area (Å²) in [5.41, 5.74) is 3.40. The number of benzene rings is 2. The van der Waals surface area contributed by atoms with Crippen LogP contribution in [-0.4, -0.2) is 53.9 Å². The molecule has 2 aromatic carbocycles. The summed E-state index contributed by atoms with van der Waals surface area (Å²) in [5, 5.41) is 2.86. The molecule has 1 N–H and O–H groups in total. The molecule has 3 heterocycles. The van der Waals surface area contributed by atoms with E-state index in [0.717, 1.165) is 24.3 Å². The lowest BCUT2D eigenvalue weighted by Crippen LogP contribution is -2.36. The molecule has 1 aromatic heterocycles. The second-order valence-electron chi connectivity index (χ2n) is 7.91. The first-order valence-corrected chi connectivity index (χ1v) is 10.7. The molecule has 3 aromatic rings. The SMILES string of the molecule is O=C(Nc1ccc(N2CCOCC2)cc1)c1ccc2c(c1)C(=O)N(Cc1ccncc1)C2=O. The number of fused-ring (bicyclic) bond motifs is 1. The van der Waals surface area contributed by atoms with Gasteiger partial charge in [0.1, 0.15) is 0 Å². The van der Waals surface area contributed by atoms with Crippen molar-refractivity contribution in [2.75, 3.05) is 36.5 Å². The van der Waals surface area contributed by atoms with Gasteiger partial charge >= 0.3 is 0 Å². The Morgan fingerprint density at radius 3 is 2.33 bits per heavy atom. The molecule has 5 rings (SSSR count). The van der Waals surface area contributed by atoms with Crippen molar-refractivity contribution < 1.29 is 19.1 Å². The quantitative estimate of drug-likeness (QED) is 0.611. The fourth-order valence-electron chi connectivity index (χ4n) is 4.03. The lowest BCUT2D eigenvalue weighted by molar-refractivity contribution is 0.0642. The fourth-order valence-corrected chi connectivity index (χ4v) is 4.03. The molecule has 166 valence electrons. The molecule has 0 bridgehead atoms. The van der Waals surface area contributed by atoms with Crippen LogP contribution in [0.3, 0.4) is 0 Å². The number of ether oxygens (including phenoxy) is 1. The van der Waals surface area contributed by atoms with Gasteiger partial charge in [-0.2, -0.15) is 0 Å². The van der Waals surface area contributed by atoms with E-state index in [2.05, 4.69) is 15.2 Å². The first kappa shape index (κ1) is 20.8. The molecule has 0 radical (unpaired) electrons. The Hall–Kier alpha value is -4.04. The fraction of sp³-hybridized carbons (Fsp3) is 0.200. The molecule has 0 spiro atoms. The summed E-state index contributed by atoms with van der Waals surface area (Å²) in [6.07, 6.45) is 3.23. The predicted octanol–water partition coefficient (Wildman–Crippen LogP) is 2.97. The Bertz CT molecular complexity index is 1200. The maximum absolute atomic E-state index is 12.9. The zero-order valence-corrected chi connectivity index (χ0v) is 17.9. The number of aromatic nitrogens is 1. The van der Waals surface area contributed by atoms with Crippen molar-refractivity contribution in [1.29, 1.82) is 0 Å². The van der Waals surface area contributed by atoms with Crippen molar-refractivity contribution in [2.45, 2.75) is 6.54 Å². The molecule has 0 saturated carbocycles. The van der Waals surface area contributed by atoms with Gasteiger partial charge in [0.05, 0.1) is 30.9 Å². The van der Waals surface area contributed by atoms with E-state index < -0.39 is 5.91 Å². The molecule has 1 saturated heterocycles. The van der Waals surface area contributed by atoms with Gasteiger partial charge in [0, 0.05) is 42.4 Å². The van der Waals surface area contributed by atoms with Crippen LogP contribution in [0.5, 0.6) is 0 Å². The highest BCUT2D eigenvalue weighted by atomic mass is 16.5. The normalized spacial score (nSPS) is 15.5. The highest BCUT2D eigenvalue weighted by molar-refractivity contribution is 6.22. The van der Waals surface area contributed by atoms with E-state index in [1.54, 1.807) is 36.7 Å². The largest absolute Gasteiger partial charge is 0.378 e. The van der Waals surface area contributed by atoms with Crippen LogP contribution < -0.4 is 10.2 Å². The number of hydrogen-bond donors (Lipinski definition) is 1. The standard InChI is InChI=1S/C25H22N4O4/c30-23(27-19-2-4-20(5-3-19)28-11-13-33-14-12-28)18-1-6-21-22(15-18)25(32)29(24(21)31)16-17-7-9-26-10-8-17/h1-10,15H,11-14,16H2,(H,27,30). The zero-order chi connectivity index (χ0) is 22.8. The molecule has 0 atom stereocenters. The minimum atomic E-state index is -0.406. The average molecular weight is 442 g/mol. The number of carbonyl (C=O) groups excluding carboxylic acids is 3. The Labute approximate surface area is 190 Å². The maximum Gasteiger partial charge on any atom is 0.261 e. The maximum atomic E-state index is 12.9. The molecule has 0 aliphatic carbocycles. The van der Waals surface area contributed by atoms with E-state index in [1.165, 1.54) is 11.0 Å². The first-order valence-electron chi connectivity index (χ1n) is 10.7. The van der Waals surface area contributed by atoms with E-state index in [-0.39, 0.29) is 23.9 Å². The van der Waals surface area contributed by atoms with Crippen molar-refractivity contribution in [3.05, 3.63) is 89.2 Å². The number of hydrogen-bond acceptors (Lipinski definition) is 6. The van der Waals surface area contributed by atoms with Gasteiger partial charge in [0.2, 0.25) is 0 Å². The number of anilines is 2. The lowest BCUT2D eigenvalue weighted by atomic mass is 10.1. The second kappa shape index (κ2) is 8.84. The van der Waals surface area contributed by atoms with Crippen molar-refractivity contribution in [3.8, 4) is 0 Å². The second-order valence-corrected chi connectivity index (χ2v) is 7.91. The number of rotatable bonds is 5. The minimum Gasteiger partial charge on any atom is -0.378 e. The molecule has 0 unspecified atom stereocenters. The topological polar surface area (TPSA) is 91.8 Å². The third kappa shape index (κ3) is 4.20. The number of imide groups is 1. The van der Waals surface area contributed by atoms with Crippen LogP contribution in [0.2, 0.25) is 0 Å². The van der Waals surface area contributed by atoms with Crippen LogP contribution in [0.15, 0.2) is 67.0 Å². The Balaban J connectivity index is 1.29. The van der Waals surface area contributed by atoms with E-state index in [0.29, 0.717) is 30.0 Å². The summed E-state index contributed by atoms with van der Waals surface area (Å²) in [4.78, 5) is 45.8. The van der Waals surface area contributed by atoms with Crippen LogP contribution in [0.25, 0.3) is 0 Å². The number of pyridine rings is 1. The van der Waals surface area contributed by atoms with Crippen molar-refractivity contribution >= 4 is 29.1 Å². The van der Waals surface area contributed by atoms with Gasteiger partial charge in [0.25, 0.3) is 17.7 Å². The van der Waals surface area contributed by atoms with Gasteiger partial charge in [-0.15, -0.1) is 0 Å². The molecule has 2 aliphatic heterocycles. The molecule has 8 nitrogen and oxygen atoms in total. The van der Waals surface area contributed by atoms with Crippen LogP contribution in [-0.2, 0) is 11.3 Å². The van der Waals surface area contributed by atoms with Crippen LogP contribution >= 0.6 is 0 Å². The summed E-state index contributed by atoms with van der Waals surface area (Å²) in [6.45, 7) is 3.25. The number of nitrogens with one attached hydrogen (secondary N) is 1. The van der Waals surface area contributed by atoms with Gasteiger partial charge in [-0.05, 0) is 60.2 Å². The molecule has 3 amide bonds. The summed E-state index contributed by atoms with van der Waals surface area (Å²) >= 11 is 0. The van der Waals surface area contributed by atoms with Gasteiger partial charge < -0.3 is 15.0 Å². The van der Waals surface area contributed by atoms with Crippen LogP contribution in [0.4, 0.5) is 11.4 Å². The molecule has 1 fully saturated rings. The number of morpholine rings is 1. The van der Waals surface area contributed by atoms with Gasteiger partial charge in [0.15, 0.2) is 0 Å². The summed E-state index contributed by atoms with van der Waals surface area (Å²) in [5.74, 6) is -1.11. The average Bonchev–Trinajstić information content (AvgIpc) is 3.10. The Morgan fingerprint density at radius 1 is 0.909 bits per heavy atom. The summed E-state index contributed by atoms with van der Waals surface area (Å²) < 4.78 is 5.38. The van der Waals surface area contributed by atoms with Gasteiger partial charge in [-0.1, -0.05) is 0 Å².